The Morgan fingerprint density at radius 2 is 2.17 bits per heavy atom. The lowest BCUT2D eigenvalue weighted by atomic mass is 10.3. The van der Waals surface area contributed by atoms with Crippen LogP contribution in [0, 0.1) is 0 Å². The first-order valence-electron chi connectivity index (χ1n) is 5.70. The van der Waals surface area contributed by atoms with E-state index in [-0.39, 0.29) is 11.8 Å². The highest BCUT2D eigenvalue weighted by Gasteiger charge is 2.20. The van der Waals surface area contributed by atoms with Crippen LogP contribution in [0.5, 0.6) is 0 Å². The standard InChI is InChI=1S/C12H18BrNO3S/c1-3-14-11(8-17-2)9-18(15,16)12-6-4-5-10(13)7-12/h4-7,11,14H,3,8-9H2,1-2H3. The Kier molecular flexibility index (Phi) is 6.28. The Labute approximate surface area is 117 Å². The van der Waals surface area contributed by atoms with E-state index < -0.39 is 9.84 Å². The summed E-state index contributed by atoms with van der Waals surface area (Å²) in [4.78, 5) is 0.330. The molecule has 0 saturated carbocycles. The Bertz CT molecular complexity index is 470. The Balaban J connectivity index is 2.86. The molecule has 1 unspecified atom stereocenters. The van der Waals surface area contributed by atoms with Crippen molar-refractivity contribution in [3.63, 3.8) is 0 Å². The largest absolute Gasteiger partial charge is 0.383 e. The summed E-state index contributed by atoms with van der Waals surface area (Å²) in [5.74, 6) is 0.0329. The molecule has 0 amide bonds. The molecule has 0 radical (unpaired) electrons. The molecular formula is C12H18BrNO3S. The molecule has 0 aliphatic heterocycles. The maximum Gasteiger partial charge on any atom is 0.180 e. The Hall–Kier alpha value is -0.430. The zero-order valence-corrected chi connectivity index (χ0v) is 12.9. The first-order chi connectivity index (χ1) is 8.49. The van der Waals surface area contributed by atoms with E-state index >= 15 is 0 Å². The molecule has 18 heavy (non-hydrogen) atoms. The molecule has 1 aromatic rings. The van der Waals surface area contributed by atoms with Crippen molar-refractivity contribution < 1.29 is 13.2 Å². The lowest BCUT2D eigenvalue weighted by Crippen LogP contribution is -2.39. The van der Waals surface area contributed by atoms with Crippen LogP contribution in [0.3, 0.4) is 0 Å². The van der Waals surface area contributed by atoms with Crippen LogP contribution >= 0.6 is 15.9 Å². The number of benzene rings is 1. The SMILES string of the molecule is CCNC(COC)CS(=O)(=O)c1cccc(Br)c1. The number of hydrogen-bond donors (Lipinski definition) is 1. The lowest BCUT2D eigenvalue weighted by Gasteiger charge is -2.17. The van der Waals surface area contributed by atoms with Crippen molar-refractivity contribution in [2.24, 2.45) is 0 Å². The average molecular weight is 336 g/mol. The van der Waals surface area contributed by atoms with Crippen LogP contribution in [-0.4, -0.2) is 40.5 Å². The molecule has 102 valence electrons. The third-order valence-electron chi connectivity index (χ3n) is 2.44. The molecule has 1 atom stereocenters. The highest BCUT2D eigenvalue weighted by Crippen LogP contribution is 2.17. The Morgan fingerprint density at radius 1 is 1.44 bits per heavy atom. The van der Waals surface area contributed by atoms with Crippen LogP contribution in [0.25, 0.3) is 0 Å². The minimum atomic E-state index is -3.30. The van der Waals surface area contributed by atoms with Crippen molar-refractivity contribution in [1.82, 2.24) is 5.32 Å². The molecule has 1 N–H and O–H groups in total. The van der Waals surface area contributed by atoms with E-state index in [4.69, 9.17) is 4.74 Å². The summed E-state index contributed by atoms with van der Waals surface area (Å²) in [6.07, 6.45) is 0. The quantitative estimate of drug-likeness (QED) is 0.826. The number of sulfone groups is 1. The molecule has 0 fully saturated rings. The summed E-state index contributed by atoms with van der Waals surface area (Å²) in [5, 5.41) is 3.11. The molecule has 6 heteroatoms. The first-order valence-corrected chi connectivity index (χ1v) is 8.14. The van der Waals surface area contributed by atoms with Gasteiger partial charge in [0, 0.05) is 17.6 Å². The minimum Gasteiger partial charge on any atom is -0.383 e. The second-order valence-corrected chi connectivity index (χ2v) is 6.90. The van der Waals surface area contributed by atoms with E-state index in [0.29, 0.717) is 18.0 Å². The number of likely N-dealkylation sites (N-methyl/N-ethyl adjacent to an activating group) is 1. The zero-order valence-electron chi connectivity index (χ0n) is 10.5. The normalized spacial score (nSPS) is 13.5. The van der Waals surface area contributed by atoms with Gasteiger partial charge in [-0.3, -0.25) is 0 Å². The summed E-state index contributed by atoms with van der Waals surface area (Å²) < 4.78 is 30.2. The molecular weight excluding hydrogens is 318 g/mol. The van der Waals surface area contributed by atoms with Gasteiger partial charge < -0.3 is 10.1 Å². The predicted octanol–water partition coefficient (Wildman–Crippen LogP) is 1.85. The molecule has 0 heterocycles. The van der Waals surface area contributed by atoms with E-state index in [9.17, 15) is 8.42 Å². The van der Waals surface area contributed by atoms with Crippen LogP contribution in [0.1, 0.15) is 6.92 Å². The van der Waals surface area contributed by atoms with Gasteiger partial charge in [0.2, 0.25) is 0 Å². The van der Waals surface area contributed by atoms with Crippen molar-refractivity contribution in [2.75, 3.05) is 26.0 Å². The van der Waals surface area contributed by atoms with E-state index in [1.807, 2.05) is 6.92 Å². The van der Waals surface area contributed by atoms with E-state index in [2.05, 4.69) is 21.2 Å². The van der Waals surface area contributed by atoms with E-state index in [0.717, 1.165) is 4.47 Å². The molecule has 1 aromatic carbocycles. The fourth-order valence-electron chi connectivity index (χ4n) is 1.68. The second kappa shape index (κ2) is 7.23. The molecule has 0 aromatic heterocycles. The summed E-state index contributed by atoms with van der Waals surface area (Å²) in [5.41, 5.74) is 0. The van der Waals surface area contributed by atoms with Crippen molar-refractivity contribution >= 4 is 25.8 Å². The van der Waals surface area contributed by atoms with Crippen molar-refractivity contribution in [1.29, 1.82) is 0 Å². The van der Waals surface area contributed by atoms with Crippen LogP contribution in [-0.2, 0) is 14.6 Å². The molecule has 1 rings (SSSR count). The number of methoxy groups -OCH3 is 1. The predicted molar refractivity (Wildman–Crippen MR) is 75.5 cm³/mol. The second-order valence-electron chi connectivity index (χ2n) is 3.95. The number of halogens is 1. The maximum atomic E-state index is 12.2. The van der Waals surface area contributed by atoms with Gasteiger partial charge >= 0.3 is 0 Å². The third-order valence-corrected chi connectivity index (χ3v) is 4.74. The van der Waals surface area contributed by atoms with Gasteiger partial charge in [-0.25, -0.2) is 8.42 Å². The fraction of sp³-hybridized carbons (Fsp3) is 0.500. The van der Waals surface area contributed by atoms with Gasteiger partial charge in [-0.2, -0.15) is 0 Å². The molecule has 0 bridgehead atoms. The molecule has 0 aliphatic rings. The van der Waals surface area contributed by atoms with Gasteiger partial charge in [-0.15, -0.1) is 0 Å². The first kappa shape index (κ1) is 15.6. The minimum absolute atomic E-state index is 0.0329. The topological polar surface area (TPSA) is 55.4 Å². The number of rotatable bonds is 7. The van der Waals surface area contributed by atoms with Gasteiger partial charge in [0.05, 0.1) is 17.3 Å². The van der Waals surface area contributed by atoms with Gasteiger partial charge in [0.25, 0.3) is 0 Å². The van der Waals surface area contributed by atoms with Crippen LogP contribution in [0.2, 0.25) is 0 Å². The van der Waals surface area contributed by atoms with E-state index in [1.54, 1.807) is 31.4 Å². The van der Waals surface area contributed by atoms with Gasteiger partial charge in [-0.1, -0.05) is 28.9 Å². The molecule has 0 saturated heterocycles. The highest BCUT2D eigenvalue weighted by molar-refractivity contribution is 9.10. The smallest absolute Gasteiger partial charge is 0.180 e. The van der Waals surface area contributed by atoms with Gasteiger partial charge in [0.15, 0.2) is 9.84 Å². The summed E-state index contributed by atoms with van der Waals surface area (Å²) in [6.45, 7) is 3.03. The van der Waals surface area contributed by atoms with Gasteiger partial charge in [-0.05, 0) is 24.7 Å². The van der Waals surface area contributed by atoms with Crippen molar-refractivity contribution in [3.05, 3.63) is 28.7 Å². The maximum absolute atomic E-state index is 12.2. The summed E-state index contributed by atoms with van der Waals surface area (Å²) in [7, 11) is -1.73. The monoisotopic (exact) mass is 335 g/mol. The Morgan fingerprint density at radius 3 is 2.72 bits per heavy atom. The number of nitrogens with one attached hydrogen (secondary N) is 1. The zero-order chi connectivity index (χ0) is 13.6. The van der Waals surface area contributed by atoms with Crippen LogP contribution < -0.4 is 5.32 Å². The van der Waals surface area contributed by atoms with Crippen molar-refractivity contribution in [2.45, 2.75) is 17.9 Å². The molecule has 0 spiro atoms. The summed E-state index contributed by atoms with van der Waals surface area (Å²) in [6, 6.07) is 6.55. The van der Waals surface area contributed by atoms with Crippen LogP contribution in [0.15, 0.2) is 33.6 Å². The third kappa shape index (κ3) is 4.68. The average Bonchev–Trinajstić information content (AvgIpc) is 2.29. The fourth-order valence-corrected chi connectivity index (χ4v) is 3.76. The summed E-state index contributed by atoms with van der Waals surface area (Å²) >= 11 is 3.28. The van der Waals surface area contributed by atoms with E-state index in [1.165, 1.54) is 0 Å². The number of ether oxygens (including phenoxy) is 1. The van der Waals surface area contributed by atoms with Crippen LogP contribution in [0.4, 0.5) is 0 Å². The lowest BCUT2D eigenvalue weighted by molar-refractivity contribution is 0.174. The number of hydrogen-bond acceptors (Lipinski definition) is 4. The highest BCUT2D eigenvalue weighted by atomic mass is 79.9. The molecule has 4 nitrogen and oxygen atoms in total. The molecule has 0 aliphatic carbocycles. The van der Waals surface area contributed by atoms with Gasteiger partial charge in [0.1, 0.15) is 0 Å². The van der Waals surface area contributed by atoms with Crippen molar-refractivity contribution in [3.8, 4) is 0 Å².